The summed E-state index contributed by atoms with van der Waals surface area (Å²) in [6.07, 6.45) is 5.08. The van der Waals surface area contributed by atoms with Crippen molar-refractivity contribution in [1.82, 2.24) is 0 Å². The van der Waals surface area contributed by atoms with Crippen LogP contribution in [-0.2, 0) is 16.0 Å². The first-order valence-electron chi connectivity index (χ1n) is 8.17. The molecule has 3 atom stereocenters. The normalized spacial score (nSPS) is 33.4. The van der Waals surface area contributed by atoms with Gasteiger partial charge in [0.2, 0.25) is 0 Å². The fourth-order valence-corrected chi connectivity index (χ4v) is 4.47. The summed E-state index contributed by atoms with van der Waals surface area (Å²) >= 11 is 0. The number of hydrogen-bond donors (Lipinski definition) is 1. The van der Waals surface area contributed by atoms with Gasteiger partial charge in [0.1, 0.15) is 5.41 Å². The Morgan fingerprint density at radius 1 is 1.32 bits per heavy atom. The van der Waals surface area contributed by atoms with Crippen LogP contribution < -0.4 is 0 Å². The minimum Gasteiger partial charge on any atom is -0.465 e. The monoisotopic (exact) mass is 300 g/mol. The molecule has 0 aliphatic heterocycles. The second-order valence-corrected chi connectivity index (χ2v) is 6.55. The van der Waals surface area contributed by atoms with E-state index >= 15 is 0 Å². The number of ether oxygens (including phenoxy) is 1. The van der Waals surface area contributed by atoms with Crippen molar-refractivity contribution >= 4 is 5.97 Å². The molecule has 0 saturated heterocycles. The van der Waals surface area contributed by atoms with Gasteiger partial charge in [0.25, 0.3) is 0 Å². The van der Waals surface area contributed by atoms with E-state index in [1.807, 2.05) is 32.0 Å². The van der Waals surface area contributed by atoms with Crippen LogP contribution in [0.2, 0.25) is 0 Å². The zero-order valence-corrected chi connectivity index (χ0v) is 13.3. The van der Waals surface area contributed by atoms with Crippen LogP contribution in [0.1, 0.15) is 38.7 Å². The van der Waals surface area contributed by atoms with E-state index in [0.717, 1.165) is 18.4 Å². The second-order valence-electron chi connectivity index (χ2n) is 6.55. The zero-order chi connectivity index (χ0) is 15.8. The minimum absolute atomic E-state index is 0.0261. The molecule has 0 spiro atoms. The summed E-state index contributed by atoms with van der Waals surface area (Å²) in [5.41, 5.74) is 0.338. The molecular weight excluding hydrogens is 276 g/mol. The lowest BCUT2D eigenvalue weighted by Crippen LogP contribution is -2.51. The van der Waals surface area contributed by atoms with Crippen LogP contribution >= 0.6 is 0 Å². The van der Waals surface area contributed by atoms with Gasteiger partial charge in [-0.05, 0) is 45.1 Å². The minimum atomic E-state index is -1.00. The summed E-state index contributed by atoms with van der Waals surface area (Å²) in [5, 5.41) is 11.4. The molecule has 118 valence electrons. The maximum absolute atomic E-state index is 12.6. The molecule has 1 aromatic rings. The molecular formula is C19H24O3. The lowest BCUT2D eigenvalue weighted by atomic mass is 9.69. The molecule has 1 saturated carbocycles. The van der Waals surface area contributed by atoms with Crippen LogP contribution in [0.4, 0.5) is 0 Å². The Bertz CT molecular complexity index is 592. The number of hydrogen-bond acceptors (Lipinski definition) is 3. The van der Waals surface area contributed by atoms with Gasteiger partial charge < -0.3 is 9.84 Å². The lowest BCUT2D eigenvalue weighted by Gasteiger charge is -2.39. The number of esters is 1. The predicted molar refractivity (Wildman–Crippen MR) is 85.3 cm³/mol. The lowest BCUT2D eigenvalue weighted by molar-refractivity contribution is -0.167. The topological polar surface area (TPSA) is 46.5 Å². The Kier molecular flexibility index (Phi) is 3.85. The third-order valence-corrected chi connectivity index (χ3v) is 5.51. The fourth-order valence-electron chi connectivity index (χ4n) is 4.47. The van der Waals surface area contributed by atoms with Gasteiger partial charge in [0, 0.05) is 5.92 Å². The average Bonchev–Trinajstić information content (AvgIpc) is 2.95. The summed E-state index contributed by atoms with van der Waals surface area (Å²) < 4.78 is 5.32. The number of benzene rings is 1. The SMILES string of the molecule is CCOC(=O)[C@]12CCC[C@@]1(O)[C@H](Cc1ccccc1)C=C2C. The summed E-state index contributed by atoms with van der Waals surface area (Å²) in [6.45, 7) is 4.14. The van der Waals surface area contributed by atoms with E-state index in [2.05, 4.69) is 18.2 Å². The molecule has 1 fully saturated rings. The van der Waals surface area contributed by atoms with Crippen LogP contribution in [0.15, 0.2) is 42.0 Å². The average molecular weight is 300 g/mol. The van der Waals surface area contributed by atoms with Gasteiger partial charge in [-0.3, -0.25) is 4.79 Å². The Balaban J connectivity index is 1.94. The van der Waals surface area contributed by atoms with Crippen molar-refractivity contribution in [2.24, 2.45) is 11.3 Å². The first kappa shape index (κ1) is 15.3. The first-order valence-corrected chi connectivity index (χ1v) is 8.17. The number of carbonyl (C=O) groups is 1. The molecule has 22 heavy (non-hydrogen) atoms. The molecule has 3 heteroatoms. The van der Waals surface area contributed by atoms with Crippen LogP contribution in [0, 0.1) is 11.3 Å². The van der Waals surface area contributed by atoms with Crippen LogP contribution in [0.3, 0.4) is 0 Å². The molecule has 1 aromatic carbocycles. The van der Waals surface area contributed by atoms with Gasteiger partial charge in [0.05, 0.1) is 12.2 Å². The highest BCUT2D eigenvalue weighted by atomic mass is 16.5. The highest BCUT2D eigenvalue weighted by molar-refractivity contribution is 5.84. The molecule has 0 unspecified atom stereocenters. The molecule has 3 rings (SSSR count). The molecule has 3 nitrogen and oxygen atoms in total. The number of rotatable bonds is 4. The Hall–Kier alpha value is -1.61. The van der Waals surface area contributed by atoms with Gasteiger partial charge in [-0.2, -0.15) is 0 Å². The summed E-state index contributed by atoms with van der Waals surface area (Å²) in [7, 11) is 0. The van der Waals surface area contributed by atoms with E-state index in [-0.39, 0.29) is 11.9 Å². The van der Waals surface area contributed by atoms with E-state index in [4.69, 9.17) is 4.74 Å². The van der Waals surface area contributed by atoms with E-state index in [1.54, 1.807) is 0 Å². The van der Waals surface area contributed by atoms with E-state index in [0.29, 0.717) is 19.4 Å². The largest absolute Gasteiger partial charge is 0.465 e. The number of aliphatic hydroxyl groups is 1. The van der Waals surface area contributed by atoms with E-state index in [9.17, 15) is 9.90 Å². The molecule has 0 heterocycles. The van der Waals surface area contributed by atoms with Gasteiger partial charge in [-0.1, -0.05) is 42.0 Å². The second kappa shape index (κ2) is 5.54. The number of carbonyl (C=O) groups excluding carboxylic acids is 1. The Morgan fingerprint density at radius 3 is 2.73 bits per heavy atom. The van der Waals surface area contributed by atoms with Gasteiger partial charge in [0.15, 0.2) is 0 Å². The summed E-state index contributed by atoms with van der Waals surface area (Å²) in [6, 6.07) is 10.2. The highest BCUT2D eigenvalue weighted by Crippen LogP contribution is 2.60. The third-order valence-electron chi connectivity index (χ3n) is 5.51. The highest BCUT2D eigenvalue weighted by Gasteiger charge is 2.66. The van der Waals surface area contributed by atoms with Crippen molar-refractivity contribution in [2.75, 3.05) is 6.61 Å². The van der Waals surface area contributed by atoms with Crippen molar-refractivity contribution in [2.45, 2.75) is 45.1 Å². The first-order chi connectivity index (χ1) is 10.5. The van der Waals surface area contributed by atoms with Crippen molar-refractivity contribution in [3.8, 4) is 0 Å². The molecule has 0 aromatic heterocycles. The van der Waals surface area contributed by atoms with Crippen molar-refractivity contribution < 1.29 is 14.6 Å². The van der Waals surface area contributed by atoms with Crippen LogP contribution in [0.25, 0.3) is 0 Å². The third kappa shape index (κ3) is 2.03. The predicted octanol–water partition coefficient (Wildman–Crippen LogP) is 3.27. The quantitative estimate of drug-likeness (QED) is 0.686. The van der Waals surface area contributed by atoms with Gasteiger partial charge in [-0.15, -0.1) is 0 Å². The van der Waals surface area contributed by atoms with Crippen molar-refractivity contribution in [3.63, 3.8) is 0 Å². The van der Waals surface area contributed by atoms with E-state index < -0.39 is 11.0 Å². The Morgan fingerprint density at radius 2 is 2.05 bits per heavy atom. The molecule has 2 aliphatic rings. The van der Waals surface area contributed by atoms with Gasteiger partial charge >= 0.3 is 5.97 Å². The molecule has 1 N–H and O–H groups in total. The maximum Gasteiger partial charge on any atom is 0.319 e. The molecule has 0 bridgehead atoms. The molecule has 0 radical (unpaired) electrons. The maximum atomic E-state index is 12.6. The fraction of sp³-hybridized carbons (Fsp3) is 0.526. The van der Waals surface area contributed by atoms with E-state index in [1.165, 1.54) is 5.56 Å². The van der Waals surface area contributed by atoms with Crippen LogP contribution in [0.5, 0.6) is 0 Å². The van der Waals surface area contributed by atoms with Crippen LogP contribution in [-0.4, -0.2) is 23.3 Å². The van der Waals surface area contributed by atoms with Crippen molar-refractivity contribution in [3.05, 3.63) is 47.5 Å². The smallest absolute Gasteiger partial charge is 0.319 e. The standard InChI is InChI=1S/C19H24O3/c1-3-22-17(20)18-10-7-11-19(18,21)16(12-14(18)2)13-15-8-5-4-6-9-15/h4-6,8-9,12,16,21H,3,7,10-11,13H2,1-2H3/t16-,18+,19+/m0/s1. The number of fused-ring (bicyclic) bond motifs is 1. The molecule has 0 amide bonds. The van der Waals surface area contributed by atoms with Gasteiger partial charge in [-0.25, -0.2) is 0 Å². The Labute approximate surface area is 132 Å². The summed E-state index contributed by atoms with van der Waals surface area (Å²) in [5.74, 6) is -0.277. The zero-order valence-electron chi connectivity index (χ0n) is 13.3. The van der Waals surface area contributed by atoms with Crippen molar-refractivity contribution in [1.29, 1.82) is 0 Å². The molecule has 2 aliphatic carbocycles. The summed E-state index contributed by atoms with van der Waals surface area (Å²) in [4.78, 5) is 12.6.